The fourth-order valence-electron chi connectivity index (χ4n) is 1.88. The van der Waals surface area contributed by atoms with Crippen LogP contribution in [0.2, 0.25) is 0 Å². The molecule has 0 aromatic heterocycles. The van der Waals surface area contributed by atoms with E-state index in [1.807, 2.05) is 0 Å². The van der Waals surface area contributed by atoms with Crippen LogP contribution in [0, 0.1) is 0 Å². The normalized spacial score (nSPS) is 12.9. The number of hydrogen-bond donors (Lipinski definition) is 3. The summed E-state index contributed by atoms with van der Waals surface area (Å²) in [5, 5.41) is 8.74. The third-order valence-corrected chi connectivity index (χ3v) is 3.01. The maximum absolute atomic E-state index is 8.74. The predicted octanol–water partition coefficient (Wildman–Crippen LogP) is 2.17. The van der Waals surface area contributed by atoms with Crippen LogP contribution in [-0.4, -0.2) is 24.3 Å². The molecule has 0 rings (SSSR count). The first-order chi connectivity index (χ1) is 7.81. The highest BCUT2D eigenvalue weighted by Gasteiger charge is 1.99. The van der Waals surface area contributed by atoms with Crippen LogP contribution in [0.15, 0.2) is 0 Å². The lowest BCUT2D eigenvalue weighted by Gasteiger charge is -2.07. The first-order valence-corrected chi connectivity index (χ1v) is 6.87. The molecule has 1 unspecified atom stereocenters. The highest BCUT2D eigenvalue weighted by molar-refractivity contribution is 4.58. The van der Waals surface area contributed by atoms with Crippen LogP contribution >= 0.6 is 0 Å². The van der Waals surface area contributed by atoms with E-state index in [0.29, 0.717) is 0 Å². The predicted molar refractivity (Wildman–Crippen MR) is 70.3 cm³/mol. The second-order valence-electron chi connectivity index (χ2n) is 4.70. The summed E-state index contributed by atoms with van der Waals surface area (Å²) < 4.78 is 0. The molecule has 0 fully saturated rings. The molecule has 3 heteroatoms. The minimum Gasteiger partial charge on any atom is -0.395 e. The topological polar surface area (TPSA) is 72.3 Å². The van der Waals surface area contributed by atoms with E-state index in [4.69, 9.17) is 16.6 Å². The van der Waals surface area contributed by atoms with Crippen molar-refractivity contribution in [2.45, 2.75) is 70.3 Å². The van der Waals surface area contributed by atoms with Gasteiger partial charge in [0, 0.05) is 6.04 Å². The molecule has 0 aliphatic carbocycles. The Balaban J connectivity index is 2.93. The minimum atomic E-state index is -0.00346. The molecule has 0 saturated carbocycles. The Bertz CT molecular complexity index is 131. The number of rotatable bonds is 12. The maximum atomic E-state index is 8.74. The van der Waals surface area contributed by atoms with Crippen LogP contribution < -0.4 is 11.5 Å². The van der Waals surface area contributed by atoms with E-state index in [-0.39, 0.29) is 12.6 Å². The Morgan fingerprint density at radius 3 is 1.62 bits per heavy atom. The third-order valence-electron chi connectivity index (χ3n) is 3.01. The van der Waals surface area contributed by atoms with E-state index >= 15 is 0 Å². The molecule has 16 heavy (non-hydrogen) atoms. The molecule has 3 nitrogen and oxygen atoms in total. The van der Waals surface area contributed by atoms with Crippen molar-refractivity contribution in [2.75, 3.05) is 13.2 Å². The highest BCUT2D eigenvalue weighted by atomic mass is 16.3. The van der Waals surface area contributed by atoms with Gasteiger partial charge in [-0.1, -0.05) is 51.4 Å². The average Bonchev–Trinajstić information content (AvgIpc) is 2.31. The van der Waals surface area contributed by atoms with E-state index < -0.39 is 0 Å². The number of hydrogen-bond acceptors (Lipinski definition) is 3. The Kier molecular flexibility index (Phi) is 12.9. The van der Waals surface area contributed by atoms with Crippen LogP contribution in [-0.2, 0) is 0 Å². The number of aliphatic hydroxyl groups excluding tert-OH is 1. The van der Waals surface area contributed by atoms with Crippen molar-refractivity contribution in [3.63, 3.8) is 0 Å². The van der Waals surface area contributed by atoms with Gasteiger partial charge in [0.1, 0.15) is 0 Å². The van der Waals surface area contributed by atoms with Crippen LogP contribution in [0.25, 0.3) is 0 Å². The smallest absolute Gasteiger partial charge is 0.0582 e. The van der Waals surface area contributed by atoms with Gasteiger partial charge in [-0.05, 0) is 19.4 Å². The molecular weight excluding hydrogens is 200 g/mol. The average molecular weight is 230 g/mol. The summed E-state index contributed by atoms with van der Waals surface area (Å²) in [6.45, 7) is 0.965. The zero-order chi connectivity index (χ0) is 12.1. The Hall–Kier alpha value is -0.120. The Labute approximate surface area is 101 Å². The number of unbranched alkanes of at least 4 members (excludes halogenated alkanes) is 8. The van der Waals surface area contributed by atoms with Gasteiger partial charge >= 0.3 is 0 Å². The monoisotopic (exact) mass is 230 g/mol. The molecule has 0 bridgehead atoms. The first kappa shape index (κ1) is 15.9. The molecule has 5 N–H and O–H groups in total. The van der Waals surface area contributed by atoms with Gasteiger partial charge in [-0.15, -0.1) is 0 Å². The van der Waals surface area contributed by atoms with Crippen molar-refractivity contribution in [1.82, 2.24) is 0 Å². The standard InChI is InChI=1S/C13H30N2O/c14-11-9-7-5-3-1-2-4-6-8-10-13(15)12-16/h13,16H,1-12,14-15H2. The summed E-state index contributed by atoms with van der Waals surface area (Å²) in [6.07, 6.45) is 12.6. The lowest BCUT2D eigenvalue weighted by molar-refractivity contribution is 0.257. The molecule has 0 saturated heterocycles. The zero-order valence-electron chi connectivity index (χ0n) is 10.7. The Morgan fingerprint density at radius 2 is 1.19 bits per heavy atom. The second kappa shape index (κ2) is 12.9. The zero-order valence-corrected chi connectivity index (χ0v) is 10.7. The first-order valence-electron chi connectivity index (χ1n) is 6.87. The van der Waals surface area contributed by atoms with Crippen LogP contribution in [0.3, 0.4) is 0 Å². The molecule has 0 aliphatic rings. The van der Waals surface area contributed by atoms with Gasteiger partial charge in [-0.3, -0.25) is 0 Å². The Morgan fingerprint density at radius 1 is 0.750 bits per heavy atom. The maximum Gasteiger partial charge on any atom is 0.0582 e. The van der Waals surface area contributed by atoms with Gasteiger partial charge in [-0.2, -0.15) is 0 Å². The van der Waals surface area contributed by atoms with Gasteiger partial charge < -0.3 is 16.6 Å². The van der Waals surface area contributed by atoms with Crippen molar-refractivity contribution in [3.8, 4) is 0 Å². The lowest BCUT2D eigenvalue weighted by Crippen LogP contribution is -2.23. The summed E-state index contributed by atoms with van der Waals surface area (Å²) in [6, 6.07) is -0.00346. The molecule has 0 heterocycles. The van der Waals surface area contributed by atoms with E-state index in [1.165, 1.54) is 51.4 Å². The van der Waals surface area contributed by atoms with Crippen molar-refractivity contribution < 1.29 is 5.11 Å². The molecule has 98 valence electrons. The van der Waals surface area contributed by atoms with Gasteiger partial charge in [0.25, 0.3) is 0 Å². The summed E-state index contributed by atoms with van der Waals surface area (Å²) in [7, 11) is 0. The van der Waals surface area contributed by atoms with Crippen molar-refractivity contribution >= 4 is 0 Å². The highest BCUT2D eigenvalue weighted by Crippen LogP contribution is 2.10. The van der Waals surface area contributed by atoms with Crippen LogP contribution in [0.4, 0.5) is 0 Å². The SMILES string of the molecule is NCCCCCCCCCCCC(N)CO. The summed E-state index contributed by atoms with van der Waals surface area (Å²) in [5.41, 5.74) is 11.1. The fourth-order valence-corrected chi connectivity index (χ4v) is 1.88. The quantitative estimate of drug-likeness (QED) is 0.450. The summed E-state index contributed by atoms with van der Waals surface area (Å²) in [5.74, 6) is 0. The summed E-state index contributed by atoms with van der Waals surface area (Å²) >= 11 is 0. The minimum absolute atomic E-state index is 0.00346. The van der Waals surface area contributed by atoms with Gasteiger partial charge in [0.15, 0.2) is 0 Å². The van der Waals surface area contributed by atoms with E-state index in [0.717, 1.165) is 19.4 Å². The van der Waals surface area contributed by atoms with E-state index in [1.54, 1.807) is 0 Å². The molecule has 0 aromatic carbocycles. The lowest BCUT2D eigenvalue weighted by atomic mass is 10.0. The number of nitrogens with two attached hydrogens (primary N) is 2. The molecule has 1 atom stereocenters. The van der Waals surface area contributed by atoms with Crippen molar-refractivity contribution in [1.29, 1.82) is 0 Å². The molecule has 0 aromatic rings. The van der Waals surface area contributed by atoms with Gasteiger partial charge in [0.2, 0.25) is 0 Å². The molecule has 0 amide bonds. The molecule has 0 spiro atoms. The van der Waals surface area contributed by atoms with Gasteiger partial charge in [-0.25, -0.2) is 0 Å². The molecular formula is C13H30N2O. The van der Waals surface area contributed by atoms with Crippen molar-refractivity contribution in [2.24, 2.45) is 11.5 Å². The van der Waals surface area contributed by atoms with E-state index in [2.05, 4.69) is 0 Å². The van der Waals surface area contributed by atoms with E-state index in [9.17, 15) is 0 Å². The van der Waals surface area contributed by atoms with Crippen molar-refractivity contribution in [3.05, 3.63) is 0 Å². The second-order valence-corrected chi connectivity index (χ2v) is 4.70. The van der Waals surface area contributed by atoms with Crippen LogP contribution in [0.5, 0.6) is 0 Å². The molecule has 0 aliphatic heterocycles. The largest absolute Gasteiger partial charge is 0.395 e. The van der Waals surface area contributed by atoms with Gasteiger partial charge in [0.05, 0.1) is 6.61 Å². The van der Waals surface area contributed by atoms with Crippen LogP contribution in [0.1, 0.15) is 64.2 Å². The number of aliphatic hydroxyl groups is 1. The third kappa shape index (κ3) is 12.0. The summed E-state index contributed by atoms with van der Waals surface area (Å²) in [4.78, 5) is 0. The molecule has 0 radical (unpaired) electrons. The fraction of sp³-hybridized carbons (Fsp3) is 1.00.